The maximum atomic E-state index is 12.1. The predicted octanol–water partition coefficient (Wildman–Crippen LogP) is 4.14. The zero-order valence-corrected chi connectivity index (χ0v) is 13.4. The fraction of sp³-hybridized carbons (Fsp3) is 0.0667. The van der Waals surface area contributed by atoms with Gasteiger partial charge < -0.3 is 10.1 Å². The number of hydrogen-bond acceptors (Lipinski definition) is 3. The van der Waals surface area contributed by atoms with E-state index in [1.165, 1.54) is 7.11 Å². The summed E-state index contributed by atoms with van der Waals surface area (Å²) in [5, 5.41) is 3.19. The summed E-state index contributed by atoms with van der Waals surface area (Å²) in [6.45, 7) is 0. The van der Waals surface area contributed by atoms with E-state index in [1.54, 1.807) is 42.5 Å². The van der Waals surface area contributed by atoms with E-state index in [4.69, 9.17) is 11.6 Å². The van der Waals surface area contributed by atoms with Crippen molar-refractivity contribution in [2.24, 2.45) is 0 Å². The minimum Gasteiger partial charge on any atom is -0.465 e. The minimum absolute atomic E-state index is 0.288. The Balaban J connectivity index is 2.14. The third-order valence-corrected chi connectivity index (χ3v) is 3.36. The van der Waals surface area contributed by atoms with Crippen LogP contribution in [-0.2, 0) is 4.74 Å². The number of amides is 1. The molecule has 108 valence electrons. The zero-order chi connectivity index (χ0) is 15.4. The van der Waals surface area contributed by atoms with Gasteiger partial charge in [0.25, 0.3) is 5.91 Å². The van der Waals surface area contributed by atoms with E-state index in [0.29, 0.717) is 21.8 Å². The zero-order valence-electron chi connectivity index (χ0n) is 11.0. The maximum Gasteiger partial charge on any atom is 0.337 e. The monoisotopic (exact) mass is 367 g/mol. The Morgan fingerprint density at radius 3 is 2.33 bits per heavy atom. The smallest absolute Gasteiger partial charge is 0.337 e. The molecule has 2 aromatic carbocycles. The first-order valence-electron chi connectivity index (χ1n) is 5.95. The summed E-state index contributed by atoms with van der Waals surface area (Å²) in [6, 6.07) is 11.4. The van der Waals surface area contributed by atoms with Crippen molar-refractivity contribution < 1.29 is 14.3 Å². The van der Waals surface area contributed by atoms with Crippen LogP contribution in [0.1, 0.15) is 20.7 Å². The van der Waals surface area contributed by atoms with Crippen molar-refractivity contribution in [3.63, 3.8) is 0 Å². The van der Waals surface area contributed by atoms with Gasteiger partial charge in [0.15, 0.2) is 0 Å². The Hall–Kier alpha value is -1.85. The fourth-order valence-electron chi connectivity index (χ4n) is 1.70. The summed E-state index contributed by atoms with van der Waals surface area (Å²) in [4.78, 5) is 23.4. The molecule has 4 nitrogen and oxygen atoms in total. The van der Waals surface area contributed by atoms with Gasteiger partial charge in [-0.1, -0.05) is 27.5 Å². The number of methoxy groups -OCH3 is 1. The van der Waals surface area contributed by atoms with Crippen LogP contribution in [0, 0.1) is 0 Å². The van der Waals surface area contributed by atoms with E-state index in [9.17, 15) is 9.59 Å². The molecule has 0 bridgehead atoms. The highest BCUT2D eigenvalue weighted by molar-refractivity contribution is 9.10. The van der Waals surface area contributed by atoms with Gasteiger partial charge in [0.2, 0.25) is 0 Å². The van der Waals surface area contributed by atoms with Crippen LogP contribution in [0.15, 0.2) is 46.9 Å². The maximum absolute atomic E-state index is 12.1. The number of ether oxygens (including phenoxy) is 1. The van der Waals surface area contributed by atoms with E-state index >= 15 is 0 Å². The number of carbonyl (C=O) groups excluding carboxylic acids is 2. The van der Waals surface area contributed by atoms with E-state index in [1.807, 2.05) is 0 Å². The van der Waals surface area contributed by atoms with Crippen molar-refractivity contribution in [3.8, 4) is 0 Å². The van der Waals surface area contributed by atoms with Gasteiger partial charge in [-0.05, 0) is 42.5 Å². The van der Waals surface area contributed by atoms with Crippen molar-refractivity contribution in [3.05, 3.63) is 63.1 Å². The number of rotatable bonds is 3. The lowest BCUT2D eigenvalue weighted by molar-refractivity contribution is 0.0600. The molecule has 0 saturated heterocycles. The number of benzene rings is 2. The van der Waals surface area contributed by atoms with Gasteiger partial charge in [-0.25, -0.2) is 4.79 Å². The molecule has 0 spiro atoms. The molecule has 0 aliphatic carbocycles. The molecule has 0 saturated carbocycles. The Labute approximate surface area is 135 Å². The second kappa shape index (κ2) is 6.74. The molecule has 2 aromatic rings. The lowest BCUT2D eigenvalue weighted by Gasteiger charge is -2.07. The SMILES string of the molecule is COC(=O)c1ccc(NC(=O)c2cc(Cl)cc(Br)c2)cc1. The van der Waals surface area contributed by atoms with Crippen LogP contribution < -0.4 is 5.32 Å². The van der Waals surface area contributed by atoms with Crippen LogP contribution in [-0.4, -0.2) is 19.0 Å². The molecular formula is C15H11BrClNO3. The molecule has 0 aliphatic rings. The first-order chi connectivity index (χ1) is 9.99. The van der Waals surface area contributed by atoms with E-state index in [-0.39, 0.29) is 5.91 Å². The molecule has 21 heavy (non-hydrogen) atoms. The summed E-state index contributed by atoms with van der Waals surface area (Å²) < 4.78 is 5.33. The lowest BCUT2D eigenvalue weighted by Crippen LogP contribution is -2.12. The predicted molar refractivity (Wildman–Crippen MR) is 84.9 cm³/mol. The Morgan fingerprint density at radius 2 is 1.76 bits per heavy atom. The van der Waals surface area contributed by atoms with Crippen molar-refractivity contribution >= 4 is 45.1 Å². The average molecular weight is 369 g/mol. The first kappa shape index (κ1) is 15.5. The standard InChI is InChI=1S/C15H11BrClNO3/c1-21-15(20)9-2-4-13(5-3-9)18-14(19)10-6-11(16)8-12(17)7-10/h2-8H,1H3,(H,18,19). The Morgan fingerprint density at radius 1 is 1.10 bits per heavy atom. The van der Waals surface area contributed by atoms with Gasteiger partial charge in [0.05, 0.1) is 12.7 Å². The number of carbonyl (C=O) groups is 2. The van der Waals surface area contributed by atoms with Gasteiger partial charge in [-0.15, -0.1) is 0 Å². The average Bonchev–Trinajstić information content (AvgIpc) is 2.46. The van der Waals surface area contributed by atoms with Crippen LogP contribution in [0.4, 0.5) is 5.69 Å². The number of halogens is 2. The number of nitrogens with one attached hydrogen (secondary N) is 1. The number of hydrogen-bond donors (Lipinski definition) is 1. The molecule has 2 rings (SSSR count). The molecule has 0 aliphatic heterocycles. The normalized spacial score (nSPS) is 10.0. The summed E-state index contributed by atoms with van der Waals surface area (Å²) in [5.41, 5.74) is 1.43. The number of esters is 1. The lowest BCUT2D eigenvalue weighted by atomic mass is 10.2. The summed E-state index contributed by atoms with van der Waals surface area (Å²) in [6.07, 6.45) is 0. The second-order valence-electron chi connectivity index (χ2n) is 4.18. The molecule has 1 N–H and O–H groups in total. The Kier molecular flexibility index (Phi) is 4.98. The molecule has 0 aromatic heterocycles. The van der Waals surface area contributed by atoms with Crippen LogP contribution in [0.5, 0.6) is 0 Å². The van der Waals surface area contributed by atoms with Crippen LogP contribution in [0.2, 0.25) is 5.02 Å². The van der Waals surface area contributed by atoms with Crippen molar-refractivity contribution in [2.45, 2.75) is 0 Å². The van der Waals surface area contributed by atoms with E-state index in [2.05, 4.69) is 26.0 Å². The van der Waals surface area contributed by atoms with Crippen LogP contribution in [0.25, 0.3) is 0 Å². The van der Waals surface area contributed by atoms with E-state index in [0.717, 1.165) is 4.47 Å². The largest absolute Gasteiger partial charge is 0.465 e. The van der Waals surface area contributed by atoms with Gasteiger partial charge >= 0.3 is 5.97 Å². The van der Waals surface area contributed by atoms with Gasteiger partial charge in [0, 0.05) is 20.7 Å². The molecule has 0 atom stereocenters. The first-order valence-corrected chi connectivity index (χ1v) is 7.12. The highest BCUT2D eigenvalue weighted by Crippen LogP contribution is 2.20. The summed E-state index contributed by atoms with van der Waals surface area (Å²) in [5.74, 6) is -0.712. The molecule has 0 heterocycles. The topological polar surface area (TPSA) is 55.4 Å². The third kappa shape index (κ3) is 4.06. The summed E-state index contributed by atoms with van der Waals surface area (Å²) in [7, 11) is 1.31. The van der Waals surface area contributed by atoms with Crippen LogP contribution >= 0.6 is 27.5 Å². The van der Waals surface area contributed by atoms with Crippen LogP contribution in [0.3, 0.4) is 0 Å². The van der Waals surface area contributed by atoms with Crippen molar-refractivity contribution in [2.75, 3.05) is 12.4 Å². The van der Waals surface area contributed by atoms with E-state index < -0.39 is 5.97 Å². The molecule has 1 amide bonds. The van der Waals surface area contributed by atoms with Crippen molar-refractivity contribution in [1.82, 2.24) is 0 Å². The summed E-state index contributed by atoms with van der Waals surface area (Å²) >= 11 is 9.19. The molecule has 6 heteroatoms. The van der Waals surface area contributed by atoms with Gasteiger partial charge in [-0.3, -0.25) is 4.79 Å². The Bertz CT molecular complexity index is 666. The molecule has 0 radical (unpaired) electrons. The van der Waals surface area contributed by atoms with Gasteiger partial charge in [-0.2, -0.15) is 0 Å². The van der Waals surface area contributed by atoms with Crippen molar-refractivity contribution in [1.29, 1.82) is 0 Å². The quantitative estimate of drug-likeness (QED) is 0.828. The molecular weight excluding hydrogens is 358 g/mol. The number of anilines is 1. The second-order valence-corrected chi connectivity index (χ2v) is 5.53. The van der Waals surface area contributed by atoms with Gasteiger partial charge in [0.1, 0.15) is 0 Å². The third-order valence-electron chi connectivity index (χ3n) is 2.69. The molecule has 0 unspecified atom stereocenters. The highest BCUT2D eigenvalue weighted by Gasteiger charge is 2.09. The minimum atomic E-state index is -0.424. The molecule has 0 fully saturated rings. The highest BCUT2D eigenvalue weighted by atomic mass is 79.9. The fourth-order valence-corrected chi connectivity index (χ4v) is 2.56.